The van der Waals surface area contributed by atoms with E-state index < -0.39 is 29.6 Å². The second kappa shape index (κ2) is 7.56. The van der Waals surface area contributed by atoms with E-state index in [1.54, 1.807) is 0 Å². The van der Waals surface area contributed by atoms with Crippen LogP contribution in [0.1, 0.15) is 27.6 Å². The quantitative estimate of drug-likeness (QED) is 0.496. The first-order valence-electron chi connectivity index (χ1n) is 7.79. The van der Waals surface area contributed by atoms with Gasteiger partial charge in [0.1, 0.15) is 24.6 Å². The number of halogens is 4. The molecule has 0 fully saturated rings. The largest absolute Gasteiger partial charge is 0.452 e. The number of hydrogen-bond acceptors (Lipinski definition) is 4. The van der Waals surface area contributed by atoms with E-state index in [0.717, 1.165) is 18.2 Å². The molecule has 0 bridgehead atoms. The molecule has 3 rings (SSSR count). The molecule has 0 radical (unpaired) electrons. The lowest BCUT2D eigenvalue weighted by Gasteiger charge is -2.18. The van der Waals surface area contributed by atoms with Crippen LogP contribution >= 0.6 is 0 Å². The summed E-state index contributed by atoms with van der Waals surface area (Å²) in [6.07, 6.45) is -2.78. The van der Waals surface area contributed by atoms with Gasteiger partial charge in [-0.05, 0) is 35.9 Å². The highest BCUT2D eigenvalue weighted by Crippen LogP contribution is 2.30. The number of carbonyl (C=O) groups is 1. The molecule has 0 amide bonds. The molecule has 2 aromatic carbocycles. The highest BCUT2D eigenvalue weighted by molar-refractivity contribution is 5.89. The fourth-order valence-electron chi connectivity index (χ4n) is 2.40. The Balaban J connectivity index is 1.85. The fraction of sp³-hybridized carbons (Fsp3) is 0.167. The molecular weight excluding hydrogens is 366 g/mol. The van der Waals surface area contributed by atoms with E-state index in [0.29, 0.717) is 5.56 Å². The van der Waals surface area contributed by atoms with Gasteiger partial charge in [0.15, 0.2) is 0 Å². The molecule has 0 N–H and O–H groups in total. The van der Waals surface area contributed by atoms with Gasteiger partial charge in [-0.25, -0.2) is 18.9 Å². The molecule has 1 heterocycles. The van der Waals surface area contributed by atoms with Crippen LogP contribution in [0.5, 0.6) is 0 Å². The average Bonchev–Trinajstić information content (AvgIpc) is 3.14. The van der Waals surface area contributed by atoms with E-state index in [-0.39, 0.29) is 12.1 Å². The SMILES string of the molecule is O=C(O[C@H](Cn1cncn1)c1ccc(F)cc1)c1cccc(C(F)(F)F)c1. The predicted octanol–water partition coefficient (Wildman–Crippen LogP) is 4.03. The van der Waals surface area contributed by atoms with Crippen molar-refractivity contribution < 1.29 is 27.1 Å². The minimum absolute atomic E-state index is 0.0658. The van der Waals surface area contributed by atoms with Crippen molar-refractivity contribution in [1.82, 2.24) is 14.8 Å². The first kappa shape index (κ1) is 18.6. The first-order valence-corrected chi connectivity index (χ1v) is 7.79. The van der Waals surface area contributed by atoms with Crippen LogP contribution in [0.2, 0.25) is 0 Å². The van der Waals surface area contributed by atoms with Gasteiger partial charge >= 0.3 is 12.1 Å². The van der Waals surface area contributed by atoms with Gasteiger partial charge in [0.05, 0.1) is 17.7 Å². The van der Waals surface area contributed by atoms with E-state index in [2.05, 4.69) is 10.1 Å². The van der Waals surface area contributed by atoms with Gasteiger partial charge in [-0.2, -0.15) is 18.3 Å². The summed E-state index contributed by atoms with van der Waals surface area (Å²) < 4.78 is 58.5. The zero-order valence-electron chi connectivity index (χ0n) is 13.7. The second-order valence-corrected chi connectivity index (χ2v) is 5.64. The summed E-state index contributed by atoms with van der Waals surface area (Å²) in [6, 6.07) is 9.19. The molecule has 1 atom stereocenters. The zero-order chi connectivity index (χ0) is 19.4. The van der Waals surface area contributed by atoms with E-state index in [4.69, 9.17) is 4.74 Å². The van der Waals surface area contributed by atoms with Crippen LogP contribution in [0.4, 0.5) is 17.6 Å². The summed E-state index contributed by atoms with van der Waals surface area (Å²) in [4.78, 5) is 16.2. The van der Waals surface area contributed by atoms with Crippen molar-refractivity contribution in [2.45, 2.75) is 18.8 Å². The first-order chi connectivity index (χ1) is 12.8. The summed E-state index contributed by atoms with van der Waals surface area (Å²) in [7, 11) is 0. The van der Waals surface area contributed by atoms with Gasteiger partial charge in [-0.15, -0.1) is 0 Å². The number of esters is 1. The monoisotopic (exact) mass is 379 g/mol. The van der Waals surface area contributed by atoms with Crippen LogP contribution in [-0.2, 0) is 17.5 Å². The predicted molar refractivity (Wildman–Crippen MR) is 86.0 cm³/mol. The lowest BCUT2D eigenvalue weighted by molar-refractivity contribution is -0.137. The Kier molecular flexibility index (Phi) is 5.20. The number of aromatic nitrogens is 3. The smallest absolute Gasteiger partial charge is 0.416 e. The zero-order valence-corrected chi connectivity index (χ0v) is 13.7. The van der Waals surface area contributed by atoms with E-state index >= 15 is 0 Å². The van der Waals surface area contributed by atoms with Crippen LogP contribution in [0.3, 0.4) is 0 Å². The molecule has 0 aliphatic carbocycles. The topological polar surface area (TPSA) is 57.0 Å². The van der Waals surface area contributed by atoms with Crippen molar-refractivity contribution in [2.75, 3.05) is 0 Å². The van der Waals surface area contributed by atoms with Crippen molar-refractivity contribution in [1.29, 1.82) is 0 Å². The number of hydrogen-bond donors (Lipinski definition) is 0. The number of carbonyl (C=O) groups excluding carboxylic acids is 1. The molecule has 0 spiro atoms. The molecular formula is C18H13F4N3O2. The normalized spacial score (nSPS) is 12.6. The standard InChI is InChI=1S/C18H13F4N3O2/c19-15-6-4-12(5-7-15)16(9-25-11-23-10-24-25)27-17(26)13-2-1-3-14(8-13)18(20,21)22/h1-8,10-11,16H,9H2/t16-/m1/s1. The molecule has 9 heteroatoms. The van der Waals surface area contributed by atoms with E-state index in [9.17, 15) is 22.4 Å². The molecule has 140 valence electrons. The minimum atomic E-state index is -4.58. The van der Waals surface area contributed by atoms with E-state index in [1.165, 1.54) is 47.7 Å². The maximum Gasteiger partial charge on any atom is 0.416 e. The highest BCUT2D eigenvalue weighted by Gasteiger charge is 2.31. The average molecular weight is 379 g/mol. The summed E-state index contributed by atoms with van der Waals surface area (Å²) in [5.74, 6) is -1.40. The summed E-state index contributed by atoms with van der Waals surface area (Å²) >= 11 is 0. The highest BCUT2D eigenvalue weighted by atomic mass is 19.4. The summed E-state index contributed by atoms with van der Waals surface area (Å²) in [5.41, 5.74) is -0.727. The third kappa shape index (κ3) is 4.69. The van der Waals surface area contributed by atoms with Crippen molar-refractivity contribution >= 4 is 5.97 Å². The van der Waals surface area contributed by atoms with Crippen LogP contribution in [0.25, 0.3) is 0 Å². The molecule has 0 unspecified atom stereocenters. The van der Waals surface area contributed by atoms with Crippen molar-refractivity contribution in [3.05, 3.63) is 83.7 Å². The Morgan fingerprint density at radius 3 is 2.52 bits per heavy atom. The molecule has 5 nitrogen and oxygen atoms in total. The Hall–Kier alpha value is -3.23. The fourth-order valence-corrected chi connectivity index (χ4v) is 2.40. The van der Waals surface area contributed by atoms with Crippen LogP contribution in [0.15, 0.2) is 61.2 Å². The van der Waals surface area contributed by atoms with Gasteiger partial charge in [0.25, 0.3) is 0 Å². The number of nitrogens with zero attached hydrogens (tertiary/aromatic N) is 3. The van der Waals surface area contributed by atoms with Gasteiger partial charge in [-0.1, -0.05) is 18.2 Å². The molecule has 0 saturated heterocycles. The second-order valence-electron chi connectivity index (χ2n) is 5.64. The Morgan fingerprint density at radius 2 is 1.89 bits per heavy atom. The maximum absolute atomic E-state index is 13.2. The van der Waals surface area contributed by atoms with Gasteiger partial charge in [-0.3, -0.25) is 0 Å². The van der Waals surface area contributed by atoms with Gasteiger partial charge in [0.2, 0.25) is 0 Å². The Labute approximate surface area is 151 Å². The van der Waals surface area contributed by atoms with Crippen LogP contribution < -0.4 is 0 Å². The lowest BCUT2D eigenvalue weighted by atomic mass is 10.1. The maximum atomic E-state index is 13.2. The van der Waals surface area contributed by atoms with E-state index in [1.807, 2.05) is 0 Å². The third-order valence-electron chi connectivity index (χ3n) is 3.74. The molecule has 0 aliphatic heterocycles. The summed E-state index contributed by atoms with van der Waals surface area (Å²) in [6.45, 7) is 0.0658. The number of rotatable bonds is 5. The lowest BCUT2D eigenvalue weighted by Crippen LogP contribution is -2.18. The number of ether oxygens (including phenoxy) is 1. The molecule has 1 aromatic heterocycles. The van der Waals surface area contributed by atoms with Gasteiger partial charge in [0, 0.05) is 0 Å². The van der Waals surface area contributed by atoms with Crippen LogP contribution in [-0.4, -0.2) is 20.7 Å². The number of alkyl halides is 3. The van der Waals surface area contributed by atoms with Crippen molar-refractivity contribution in [3.8, 4) is 0 Å². The Bertz CT molecular complexity index is 909. The van der Waals surface area contributed by atoms with Crippen molar-refractivity contribution in [3.63, 3.8) is 0 Å². The number of benzene rings is 2. The third-order valence-corrected chi connectivity index (χ3v) is 3.74. The van der Waals surface area contributed by atoms with Crippen molar-refractivity contribution in [2.24, 2.45) is 0 Å². The minimum Gasteiger partial charge on any atom is -0.452 e. The van der Waals surface area contributed by atoms with Gasteiger partial charge < -0.3 is 4.74 Å². The molecule has 0 aliphatic rings. The molecule has 27 heavy (non-hydrogen) atoms. The van der Waals surface area contributed by atoms with Crippen LogP contribution in [0, 0.1) is 5.82 Å². The summed E-state index contributed by atoms with van der Waals surface area (Å²) in [5, 5.41) is 3.92. The Morgan fingerprint density at radius 1 is 1.15 bits per heavy atom. The molecule has 0 saturated carbocycles. The molecule has 3 aromatic rings.